The Hall–Kier alpha value is -2.19. The van der Waals surface area contributed by atoms with E-state index < -0.39 is 16.7 Å². The molecule has 1 aliphatic carbocycles. The molecule has 0 saturated heterocycles. The zero-order valence-electron chi connectivity index (χ0n) is 13.9. The molecule has 0 bridgehead atoms. The minimum atomic E-state index is -0.730. The summed E-state index contributed by atoms with van der Waals surface area (Å²) >= 11 is 5.58. The Morgan fingerprint density at radius 1 is 0.800 bits per heavy atom. The molecule has 0 aromatic heterocycles. The van der Waals surface area contributed by atoms with Crippen molar-refractivity contribution in [1.29, 1.82) is 0 Å². The maximum Gasteiger partial charge on any atom is 0.145 e. The molecule has 0 N–H and O–H groups in total. The van der Waals surface area contributed by atoms with E-state index in [-0.39, 0.29) is 0 Å². The van der Waals surface area contributed by atoms with E-state index in [2.05, 4.69) is 31.2 Å². The summed E-state index contributed by atoms with van der Waals surface area (Å²) in [6.07, 6.45) is 2.96. The monoisotopic (exact) mass is 354 g/mol. The Labute approximate surface area is 151 Å². The molecule has 3 aromatic rings. The highest BCUT2D eigenvalue weighted by Gasteiger charge is 2.18. The molecule has 3 aromatic carbocycles. The first kappa shape index (κ1) is 16.3. The largest absolute Gasteiger partial charge is 0.205 e. The molecular formula is C22H17ClF2. The molecular weight excluding hydrogens is 338 g/mol. The number of fused-ring (bicyclic) bond motifs is 3. The maximum atomic E-state index is 13.8. The van der Waals surface area contributed by atoms with Gasteiger partial charge in [0, 0.05) is 0 Å². The van der Waals surface area contributed by atoms with Crippen LogP contribution in [0.2, 0.25) is 5.02 Å². The Kier molecular flexibility index (Phi) is 4.09. The molecule has 0 aliphatic heterocycles. The topological polar surface area (TPSA) is 0 Å². The first-order valence-electron chi connectivity index (χ1n) is 8.47. The lowest BCUT2D eigenvalue weighted by molar-refractivity contribution is 0.585. The van der Waals surface area contributed by atoms with E-state index in [0.29, 0.717) is 5.56 Å². The van der Waals surface area contributed by atoms with Gasteiger partial charge in [-0.3, -0.25) is 0 Å². The van der Waals surface area contributed by atoms with E-state index in [1.165, 1.54) is 39.9 Å². The fourth-order valence-electron chi connectivity index (χ4n) is 3.57. The van der Waals surface area contributed by atoms with Gasteiger partial charge in [0.2, 0.25) is 0 Å². The molecule has 126 valence electrons. The Bertz CT molecular complexity index is 953. The quantitative estimate of drug-likeness (QED) is 0.454. The van der Waals surface area contributed by atoms with Gasteiger partial charge < -0.3 is 0 Å². The average Bonchev–Trinajstić information content (AvgIpc) is 2.64. The van der Waals surface area contributed by atoms with Crippen LogP contribution in [0.5, 0.6) is 0 Å². The lowest BCUT2D eigenvalue weighted by Gasteiger charge is -2.21. The standard InChI is InChI=1S/C22H17ClF2/c1-2-13-3-7-18-15(9-13)4-5-16-10-14(6-8-19(16)18)17-11-20(24)22(23)21(25)12-17/h3,6-12H,2,4-5H2,1H3. The number of aryl methyl sites for hydroxylation is 3. The molecule has 0 nitrogen and oxygen atoms in total. The molecule has 1 aliphatic rings. The van der Waals surface area contributed by atoms with E-state index in [9.17, 15) is 8.78 Å². The Morgan fingerprint density at radius 3 is 2.04 bits per heavy atom. The highest BCUT2D eigenvalue weighted by Crippen LogP contribution is 2.37. The van der Waals surface area contributed by atoms with Crippen molar-refractivity contribution in [3.63, 3.8) is 0 Å². The van der Waals surface area contributed by atoms with Crippen molar-refractivity contribution in [3.05, 3.63) is 81.9 Å². The third-order valence-electron chi connectivity index (χ3n) is 4.95. The number of benzene rings is 3. The highest BCUT2D eigenvalue weighted by atomic mass is 35.5. The summed E-state index contributed by atoms with van der Waals surface area (Å²) in [7, 11) is 0. The number of halogens is 3. The zero-order chi connectivity index (χ0) is 17.6. The SMILES string of the molecule is CCc1ccc2c(c1)CCc1cc(-c3cc(F)c(Cl)c(F)c3)ccc1-2. The summed E-state index contributed by atoms with van der Waals surface area (Å²) < 4.78 is 27.5. The summed E-state index contributed by atoms with van der Waals surface area (Å²) in [5.74, 6) is -1.46. The van der Waals surface area contributed by atoms with Crippen molar-refractivity contribution in [1.82, 2.24) is 0 Å². The Balaban J connectivity index is 1.79. The second kappa shape index (κ2) is 6.27. The van der Waals surface area contributed by atoms with Gasteiger partial charge in [-0.1, -0.05) is 54.9 Å². The van der Waals surface area contributed by atoms with Crippen LogP contribution in [0.1, 0.15) is 23.6 Å². The van der Waals surface area contributed by atoms with Gasteiger partial charge >= 0.3 is 0 Å². The molecule has 0 spiro atoms. The van der Waals surface area contributed by atoms with Crippen molar-refractivity contribution < 1.29 is 8.78 Å². The summed E-state index contributed by atoms with van der Waals surface area (Å²) in [6, 6.07) is 15.2. The molecule has 4 rings (SSSR count). The van der Waals surface area contributed by atoms with Crippen molar-refractivity contribution in [2.45, 2.75) is 26.2 Å². The van der Waals surface area contributed by atoms with Gasteiger partial charge in [0.05, 0.1) is 0 Å². The predicted molar refractivity (Wildman–Crippen MR) is 99.0 cm³/mol. The van der Waals surface area contributed by atoms with Gasteiger partial charge in [-0.05, 0) is 70.3 Å². The van der Waals surface area contributed by atoms with E-state index in [1.807, 2.05) is 12.1 Å². The summed E-state index contributed by atoms with van der Waals surface area (Å²) in [4.78, 5) is 0. The summed E-state index contributed by atoms with van der Waals surface area (Å²) in [6.45, 7) is 2.16. The average molecular weight is 355 g/mol. The minimum Gasteiger partial charge on any atom is -0.205 e. The van der Waals surface area contributed by atoms with Gasteiger partial charge in [-0.2, -0.15) is 0 Å². The number of hydrogen-bond acceptors (Lipinski definition) is 0. The second-order valence-corrected chi connectivity index (χ2v) is 6.85. The van der Waals surface area contributed by atoms with Crippen LogP contribution in [0.3, 0.4) is 0 Å². The van der Waals surface area contributed by atoms with Crippen molar-refractivity contribution in [3.8, 4) is 22.3 Å². The molecule has 0 atom stereocenters. The smallest absolute Gasteiger partial charge is 0.145 e. The normalized spacial score (nSPS) is 12.6. The first-order chi connectivity index (χ1) is 12.1. The molecule has 3 heteroatoms. The van der Waals surface area contributed by atoms with Crippen LogP contribution >= 0.6 is 11.6 Å². The van der Waals surface area contributed by atoms with Gasteiger partial charge in [0.1, 0.15) is 16.7 Å². The third-order valence-corrected chi connectivity index (χ3v) is 5.32. The van der Waals surface area contributed by atoms with Crippen LogP contribution < -0.4 is 0 Å². The van der Waals surface area contributed by atoms with Crippen LogP contribution in [0, 0.1) is 11.6 Å². The molecule has 0 fully saturated rings. The number of hydrogen-bond donors (Lipinski definition) is 0. The molecule has 0 unspecified atom stereocenters. The van der Waals surface area contributed by atoms with Crippen LogP contribution in [0.25, 0.3) is 22.3 Å². The van der Waals surface area contributed by atoms with Gasteiger partial charge in [0.25, 0.3) is 0 Å². The van der Waals surface area contributed by atoms with Gasteiger partial charge in [0.15, 0.2) is 0 Å². The fourth-order valence-corrected chi connectivity index (χ4v) is 3.68. The van der Waals surface area contributed by atoms with E-state index in [4.69, 9.17) is 11.6 Å². The van der Waals surface area contributed by atoms with Crippen molar-refractivity contribution in [2.24, 2.45) is 0 Å². The van der Waals surface area contributed by atoms with E-state index >= 15 is 0 Å². The van der Waals surface area contributed by atoms with Crippen molar-refractivity contribution in [2.75, 3.05) is 0 Å². The lowest BCUT2D eigenvalue weighted by Crippen LogP contribution is -2.05. The van der Waals surface area contributed by atoms with Gasteiger partial charge in [-0.15, -0.1) is 0 Å². The van der Waals surface area contributed by atoms with Crippen molar-refractivity contribution >= 4 is 11.6 Å². The molecule has 0 saturated carbocycles. The zero-order valence-corrected chi connectivity index (χ0v) is 14.6. The summed E-state index contributed by atoms with van der Waals surface area (Å²) in [5.41, 5.74) is 7.73. The summed E-state index contributed by atoms with van der Waals surface area (Å²) in [5, 5.41) is -0.456. The maximum absolute atomic E-state index is 13.8. The van der Waals surface area contributed by atoms with Crippen LogP contribution in [0.4, 0.5) is 8.78 Å². The van der Waals surface area contributed by atoms with E-state index in [1.54, 1.807) is 0 Å². The lowest BCUT2D eigenvalue weighted by atomic mass is 9.83. The Morgan fingerprint density at radius 2 is 1.40 bits per heavy atom. The minimum absolute atomic E-state index is 0.456. The fraction of sp³-hybridized carbons (Fsp3) is 0.182. The van der Waals surface area contributed by atoms with Crippen LogP contribution in [-0.4, -0.2) is 0 Å². The first-order valence-corrected chi connectivity index (χ1v) is 8.84. The second-order valence-electron chi connectivity index (χ2n) is 6.47. The van der Waals surface area contributed by atoms with E-state index in [0.717, 1.165) is 24.8 Å². The number of rotatable bonds is 2. The molecule has 0 radical (unpaired) electrons. The van der Waals surface area contributed by atoms with Gasteiger partial charge in [-0.25, -0.2) is 8.78 Å². The molecule has 0 heterocycles. The van der Waals surface area contributed by atoms with Crippen LogP contribution in [0.15, 0.2) is 48.5 Å². The third kappa shape index (κ3) is 2.85. The molecule has 0 amide bonds. The predicted octanol–water partition coefficient (Wildman–Crippen LogP) is 6.61. The highest BCUT2D eigenvalue weighted by molar-refractivity contribution is 6.31. The molecule has 25 heavy (non-hydrogen) atoms. The van der Waals surface area contributed by atoms with Crippen LogP contribution in [-0.2, 0) is 19.3 Å².